The second-order valence-electron chi connectivity index (χ2n) is 9.94. The van der Waals surface area contributed by atoms with E-state index < -0.39 is 0 Å². The van der Waals surface area contributed by atoms with Gasteiger partial charge in [0.25, 0.3) is 0 Å². The molecular formula is C23H36O2. The average Bonchev–Trinajstić information content (AvgIpc) is 3.38. The molecule has 4 rings (SSSR count). The maximum atomic E-state index is 6.12. The van der Waals surface area contributed by atoms with Crippen molar-refractivity contribution in [3.05, 3.63) is 23.3 Å². The van der Waals surface area contributed by atoms with E-state index in [-0.39, 0.29) is 0 Å². The highest BCUT2D eigenvalue weighted by Crippen LogP contribution is 2.62. The molecule has 0 aromatic rings. The summed E-state index contributed by atoms with van der Waals surface area (Å²) in [6.07, 6.45) is 13.5. The van der Waals surface area contributed by atoms with Gasteiger partial charge < -0.3 is 9.47 Å². The topological polar surface area (TPSA) is 21.8 Å². The van der Waals surface area contributed by atoms with E-state index >= 15 is 0 Å². The summed E-state index contributed by atoms with van der Waals surface area (Å²) in [4.78, 5) is 0. The number of ether oxygens (including phenoxy) is 2. The standard InChI is InChI=1S/C23H36O2/c1-16(2)17-6-8-20-18(12-17)7-9-21-22(3,10-5-11-23(20,21)4)15-24-13-19-14-25-19/h7,12,16,19-21H,5-6,8-11,13-15H2,1-4H3. The molecule has 25 heavy (non-hydrogen) atoms. The van der Waals surface area contributed by atoms with Gasteiger partial charge >= 0.3 is 0 Å². The summed E-state index contributed by atoms with van der Waals surface area (Å²) < 4.78 is 11.4. The zero-order chi connectivity index (χ0) is 17.7. The maximum Gasteiger partial charge on any atom is 0.104 e. The predicted octanol–water partition coefficient (Wildman–Crippen LogP) is 5.54. The summed E-state index contributed by atoms with van der Waals surface area (Å²) in [5, 5.41) is 0. The fourth-order valence-corrected chi connectivity index (χ4v) is 6.23. The van der Waals surface area contributed by atoms with Crippen molar-refractivity contribution in [3.8, 4) is 0 Å². The van der Waals surface area contributed by atoms with Gasteiger partial charge in [-0.05, 0) is 66.3 Å². The smallest absolute Gasteiger partial charge is 0.104 e. The summed E-state index contributed by atoms with van der Waals surface area (Å²) in [6, 6.07) is 0. The van der Waals surface area contributed by atoms with Crippen LogP contribution in [-0.2, 0) is 9.47 Å². The van der Waals surface area contributed by atoms with Crippen LogP contribution in [0.1, 0.15) is 66.2 Å². The van der Waals surface area contributed by atoms with Crippen molar-refractivity contribution >= 4 is 0 Å². The van der Waals surface area contributed by atoms with E-state index in [2.05, 4.69) is 39.8 Å². The molecule has 0 aromatic heterocycles. The van der Waals surface area contributed by atoms with Gasteiger partial charge in [0.1, 0.15) is 6.10 Å². The lowest BCUT2D eigenvalue weighted by atomic mass is 9.47. The molecule has 140 valence electrons. The molecule has 3 aliphatic carbocycles. The summed E-state index contributed by atoms with van der Waals surface area (Å²) in [5.74, 6) is 2.22. The van der Waals surface area contributed by atoms with Crippen molar-refractivity contribution in [2.75, 3.05) is 19.8 Å². The van der Waals surface area contributed by atoms with Crippen LogP contribution in [0.25, 0.3) is 0 Å². The number of epoxide rings is 1. The van der Waals surface area contributed by atoms with Gasteiger partial charge in [0.2, 0.25) is 0 Å². The van der Waals surface area contributed by atoms with Crippen molar-refractivity contribution < 1.29 is 9.47 Å². The van der Waals surface area contributed by atoms with Crippen LogP contribution in [-0.4, -0.2) is 25.9 Å². The van der Waals surface area contributed by atoms with Gasteiger partial charge in [0.05, 0.1) is 19.8 Å². The number of fused-ring (bicyclic) bond motifs is 3. The number of allylic oxidation sites excluding steroid dienone is 4. The van der Waals surface area contributed by atoms with E-state index in [4.69, 9.17) is 9.47 Å². The Balaban J connectivity index is 1.55. The largest absolute Gasteiger partial charge is 0.378 e. The van der Waals surface area contributed by atoms with E-state index in [0.717, 1.165) is 31.7 Å². The van der Waals surface area contributed by atoms with Gasteiger partial charge in [-0.15, -0.1) is 0 Å². The highest BCUT2D eigenvalue weighted by molar-refractivity contribution is 5.35. The second-order valence-corrected chi connectivity index (χ2v) is 9.94. The van der Waals surface area contributed by atoms with Gasteiger partial charge in [0.15, 0.2) is 0 Å². The van der Waals surface area contributed by atoms with E-state index in [1.54, 1.807) is 11.1 Å². The van der Waals surface area contributed by atoms with Crippen LogP contribution in [0.2, 0.25) is 0 Å². The molecule has 0 spiro atoms. The minimum Gasteiger partial charge on any atom is -0.378 e. The SMILES string of the molecule is CC(C)C1=CC2=CCC3C(C)(COCC4CO4)CCCC3(C)C2CC1. The van der Waals surface area contributed by atoms with Crippen molar-refractivity contribution in [1.29, 1.82) is 0 Å². The number of rotatable bonds is 5. The normalized spacial score (nSPS) is 43.2. The van der Waals surface area contributed by atoms with Crippen molar-refractivity contribution in [1.82, 2.24) is 0 Å². The molecule has 1 aliphatic heterocycles. The van der Waals surface area contributed by atoms with Gasteiger partial charge in [-0.25, -0.2) is 0 Å². The molecule has 0 N–H and O–H groups in total. The molecule has 2 nitrogen and oxygen atoms in total. The highest BCUT2D eigenvalue weighted by atomic mass is 16.6. The Morgan fingerprint density at radius 3 is 2.80 bits per heavy atom. The first-order valence-electron chi connectivity index (χ1n) is 10.5. The third-order valence-electron chi connectivity index (χ3n) is 7.84. The van der Waals surface area contributed by atoms with Crippen LogP contribution in [0.3, 0.4) is 0 Å². The summed E-state index contributed by atoms with van der Waals surface area (Å²) in [7, 11) is 0. The van der Waals surface area contributed by atoms with E-state index in [1.807, 2.05) is 0 Å². The molecule has 1 saturated heterocycles. The van der Waals surface area contributed by atoms with E-state index in [1.165, 1.54) is 38.5 Å². The Hall–Kier alpha value is -0.600. The zero-order valence-electron chi connectivity index (χ0n) is 16.6. The van der Waals surface area contributed by atoms with Gasteiger partial charge in [-0.2, -0.15) is 0 Å². The summed E-state index contributed by atoms with van der Waals surface area (Å²) in [6.45, 7) is 12.4. The molecule has 0 amide bonds. The molecule has 4 aliphatic rings. The van der Waals surface area contributed by atoms with E-state index in [0.29, 0.717) is 22.9 Å². The minimum absolute atomic E-state index is 0.325. The first kappa shape index (κ1) is 17.8. The lowest BCUT2D eigenvalue weighted by Gasteiger charge is -2.58. The molecule has 2 heteroatoms. The van der Waals surface area contributed by atoms with E-state index in [9.17, 15) is 0 Å². The Kier molecular flexibility index (Phi) is 4.65. The van der Waals surface area contributed by atoms with Crippen LogP contribution >= 0.6 is 0 Å². The molecule has 5 atom stereocenters. The van der Waals surface area contributed by atoms with Crippen molar-refractivity contribution in [3.63, 3.8) is 0 Å². The summed E-state index contributed by atoms with van der Waals surface area (Å²) >= 11 is 0. The summed E-state index contributed by atoms with van der Waals surface area (Å²) in [5.41, 5.74) is 4.10. The van der Waals surface area contributed by atoms with Crippen LogP contribution in [0, 0.1) is 28.6 Å². The molecule has 2 fully saturated rings. The molecule has 0 bridgehead atoms. The number of hydrogen-bond acceptors (Lipinski definition) is 2. The molecule has 1 saturated carbocycles. The third kappa shape index (κ3) is 3.25. The van der Waals surface area contributed by atoms with Crippen molar-refractivity contribution in [2.45, 2.75) is 72.3 Å². The minimum atomic E-state index is 0.325. The molecule has 0 aromatic carbocycles. The number of hydrogen-bond donors (Lipinski definition) is 0. The lowest BCUT2D eigenvalue weighted by Crippen LogP contribution is -2.51. The third-order valence-corrected chi connectivity index (χ3v) is 7.84. The van der Waals surface area contributed by atoms with Crippen LogP contribution < -0.4 is 0 Å². The second kappa shape index (κ2) is 6.53. The van der Waals surface area contributed by atoms with Gasteiger partial charge in [0, 0.05) is 0 Å². The fraction of sp³-hybridized carbons (Fsp3) is 0.826. The van der Waals surface area contributed by atoms with Crippen LogP contribution in [0.15, 0.2) is 23.3 Å². The Labute approximate surface area is 154 Å². The Bertz CT molecular complexity index is 571. The first-order chi connectivity index (χ1) is 11.9. The molecule has 5 unspecified atom stereocenters. The predicted molar refractivity (Wildman–Crippen MR) is 102 cm³/mol. The molecular weight excluding hydrogens is 308 g/mol. The zero-order valence-corrected chi connectivity index (χ0v) is 16.6. The van der Waals surface area contributed by atoms with Gasteiger partial charge in [-0.1, -0.05) is 51.8 Å². The molecule has 1 heterocycles. The van der Waals surface area contributed by atoms with Crippen molar-refractivity contribution in [2.24, 2.45) is 28.6 Å². The Morgan fingerprint density at radius 2 is 2.08 bits per heavy atom. The monoisotopic (exact) mass is 344 g/mol. The molecule has 0 radical (unpaired) electrons. The Morgan fingerprint density at radius 1 is 1.28 bits per heavy atom. The maximum absolute atomic E-state index is 6.12. The lowest BCUT2D eigenvalue weighted by molar-refractivity contribution is -0.0908. The fourth-order valence-electron chi connectivity index (χ4n) is 6.23. The average molecular weight is 345 g/mol. The highest BCUT2D eigenvalue weighted by Gasteiger charge is 2.54. The van der Waals surface area contributed by atoms with Crippen LogP contribution in [0.4, 0.5) is 0 Å². The first-order valence-corrected chi connectivity index (χ1v) is 10.5. The quantitative estimate of drug-likeness (QED) is 0.611. The van der Waals surface area contributed by atoms with Crippen LogP contribution in [0.5, 0.6) is 0 Å². The van der Waals surface area contributed by atoms with Gasteiger partial charge in [-0.3, -0.25) is 0 Å².